The first kappa shape index (κ1) is 18.2. The van der Waals surface area contributed by atoms with Crippen LogP contribution in [-0.2, 0) is 12.8 Å². The van der Waals surface area contributed by atoms with Crippen molar-refractivity contribution in [3.8, 4) is 22.8 Å². The van der Waals surface area contributed by atoms with Gasteiger partial charge in [0.25, 0.3) is 0 Å². The molecule has 1 aromatic heterocycles. The van der Waals surface area contributed by atoms with Gasteiger partial charge in [-0.05, 0) is 35.4 Å². The third-order valence-corrected chi connectivity index (χ3v) is 5.46. The Kier molecular flexibility index (Phi) is 4.39. The molecule has 5 nitrogen and oxygen atoms in total. The van der Waals surface area contributed by atoms with Gasteiger partial charge in [0.2, 0.25) is 0 Å². The van der Waals surface area contributed by atoms with Crippen LogP contribution in [0.4, 0.5) is 15.9 Å². The van der Waals surface area contributed by atoms with E-state index in [1.807, 2.05) is 36.4 Å². The highest BCUT2D eigenvalue weighted by Crippen LogP contribution is 2.48. The van der Waals surface area contributed by atoms with Crippen LogP contribution in [0.5, 0.6) is 11.5 Å². The van der Waals surface area contributed by atoms with Gasteiger partial charge in [0.1, 0.15) is 11.6 Å². The molecule has 0 fully saturated rings. The van der Waals surface area contributed by atoms with Crippen molar-refractivity contribution in [3.63, 3.8) is 0 Å². The molecule has 150 valence electrons. The molecular formula is C24H20FN3O2. The largest absolute Gasteiger partial charge is 0.504 e. The third kappa shape index (κ3) is 3.06. The number of fused-ring (bicyclic) bond motifs is 3. The summed E-state index contributed by atoms with van der Waals surface area (Å²) in [5, 5.41) is 21.7. The van der Waals surface area contributed by atoms with Gasteiger partial charge in [0.15, 0.2) is 11.5 Å². The molecule has 0 bridgehead atoms. The lowest BCUT2D eigenvalue weighted by molar-refractivity contribution is 0.371. The number of phenolic OH excluding ortho intramolecular Hbond substituents is 1. The van der Waals surface area contributed by atoms with Gasteiger partial charge in [-0.1, -0.05) is 36.4 Å². The van der Waals surface area contributed by atoms with Crippen LogP contribution in [0.3, 0.4) is 0 Å². The number of hydrogen-bond acceptors (Lipinski definition) is 4. The molecule has 1 aliphatic rings. The first-order chi connectivity index (χ1) is 14.6. The summed E-state index contributed by atoms with van der Waals surface area (Å²) in [6.07, 6.45) is 1.20. The molecule has 0 saturated heterocycles. The number of aromatic nitrogens is 2. The standard InChI is InChI=1S/C24H20FN3O2/c1-30-20-12-15-11-19-22(27-28-24(19)26-17-9-5-8-16(25)13-17)21(15)18(23(20)29)10-14-6-3-2-4-7-14/h2-9,12-13,29H,10-11H2,1H3,(H2,26,27,28). The molecule has 0 radical (unpaired) electrons. The summed E-state index contributed by atoms with van der Waals surface area (Å²) >= 11 is 0. The second kappa shape index (κ2) is 7.22. The Morgan fingerprint density at radius 3 is 2.73 bits per heavy atom. The predicted octanol–water partition coefficient (Wildman–Crippen LogP) is 5.17. The Morgan fingerprint density at radius 2 is 1.97 bits per heavy atom. The average molecular weight is 401 g/mol. The molecular weight excluding hydrogens is 381 g/mol. The Morgan fingerprint density at radius 1 is 1.13 bits per heavy atom. The second-order valence-electron chi connectivity index (χ2n) is 7.34. The number of benzene rings is 3. The molecule has 3 N–H and O–H groups in total. The highest BCUT2D eigenvalue weighted by molar-refractivity contribution is 5.84. The summed E-state index contributed by atoms with van der Waals surface area (Å²) < 4.78 is 19.0. The average Bonchev–Trinajstić information content (AvgIpc) is 3.30. The van der Waals surface area contributed by atoms with Crippen molar-refractivity contribution < 1.29 is 14.2 Å². The lowest BCUT2D eigenvalue weighted by atomic mass is 9.95. The minimum atomic E-state index is -0.306. The maximum absolute atomic E-state index is 13.6. The summed E-state index contributed by atoms with van der Waals surface area (Å²) in [5.74, 6) is 0.999. The smallest absolute Gasteiger partial charge is 0.161 e. The van der Waals surface area contributed by atoms with Crippen LogP contribution >= 0.6 is 0 Å². The minimum absolute atomic E-state index is 0.135. The van der Waals surface area contributed by atoms with Gasteiger partial charge in [0.05, 0.1) is 12.8 Å². The fraction of sp³-hybridized carbons (Fsp3) is 0.125. The molecule has 0 spiro atoms. The maximum atomic E-state index is 13.6. The molecule has 1 heterocycles. The van der Waals surface area contributed by atoms with Crippen LogP contribution in [0.15, 0.2) is 60.7 Å². The number of halogens is 1. The van der Waals surface area contributed by atoms with Crippen LogP contribution in [0, 0.1) is 5.82 Å². The van der Waals surface area contributed by atoms with E-state index in [0.29, 0.717) is 24.3 Å². The predicted molar refractivity (Wildman–Crippen MR) is 114 cm³/mol. The second-order valence-corrected chi connectivity index (χ2v) is 7.34. The molecule has 0 aliphatic heterocycles. The van der Waals surface area contributed by atoms with Gasteiger partial charge >= 0.3 is 0 Å². The summed E-state index contributed by atoms with van der Waals surface area (Å²) in [7, 11) is 1.55. The summed E-state index contributed by atoms with van der Waals surface area (Å²) in [5.41, 5.74) is 6.27. The highest BCUT2D eigenvalue weighted by Gasteiger charge is 2.30. The number of hydrogen-bond donors (Lipinski definition) is 3. The Balaban J connectivity index is 1.58. The van der Waals surface area contributed by atoms with Crippen LogP contribution in [0.1, 0.15) is 22.3 Å². The van der Waals surface area contributed by atoms with Gasteiger partial charge in [-0.25, -0.2) is 4.39 Å². The van der Waals surface area contributed by atoms with Crippen LogP contribution in [0.2, 0.25) is 0 Å². The van der Waals surface area contributed by atoms with Crippen molar-refractivity contribution >= 4 is 11.5 Å². The van der Waals surface area contributed by atoms with Crippen molar-refractivity contribution in [3.05, 3.63) is 88.7 Å². The van der Waals surface area contributed by atoms with Crippen molar-refractivity contribution in [2.45, 2.75) is 12.8 Å². The molecule has 5 rings (SSSR count). The van der Waals surface area contributed by atoms with Crippen LogP contribution in [-0.4, -0.2) is 22.4 Å². The number of phenols is 1. The van der Waals surface area contributed by atoms with Crippen LogP contribution < -0.4 is 10.1 Å². The lowest BCUT2D eigenvalue weighted by Crippen LogP contribution is -1.98. The van der Waals surface area contributed by atoms with Gasteiger partial charge in [-0.15, -0.1) is 0 Å². The van der Waals surface area contributed by atoms with Crippen molar-refractivity contribution in [1.29, 1.82) is 0 Å². The van der Waals surface area contributed by atoms with E-state index in [9.17, 15) is 9.50 Å². The van der Waals surface area contributed by atoms with E-state index in [-0.39, 0.29) is 11.6 Å². The topological polar surface area (TPSA) is 70.2 Å². The normalized spacial score (nSPS) is 11.8. The monoisotopic (exact) mass is 401 g/mol. The molecule has 0 amide bonds. The van der Waals surface area contributed by atoms with Crippen molar-refractivity contribution in [2.24, 2.45) is 0 Å². The molecule has 0 saturated carbocycles. The van der Waals surface area contributed by atoms with E-state index in [0.717, 1.165) is 39.3 Å². The number of aromatic hydroxyl groups is 1. The first-order valence-corrected chi connectivity index (χ1v) is 9.70. The zero-order chi connectivity index (χ0) is 20.7. The number of ether oxygens (including phenoxy) is 1. The SMILES string of the molecule is COc1cc2c(c(Cc3ccccc3)c1O)-c1n[nH]c(Nc3cccc(F)c3)c1C2. The number of nitrogens with one attached hydrogen (secondary N) is 2. The third-order valence-electron chi connectivity index (χ3n) is 5.46. The number of anilines is 2. The van der Waals surface area contributed by atoms with E-state index in [2.05, 4.69) is 15.5 Å². The zero-order valence-electron chi connectivity index (χ0n) is 16.4. The minimum Gasteiger partial charge on any atom is -0.504 e. The lowest BCUT2D eigenvalue weighted by Gasteiger charge is -2.14. The number of methoxy groups -OCH3 is 1. The molecule has 4 aromatic rings. The molecule has 30 heavy (non-hydrogen) atoms. The number of nitrogens with zero attached hydrogens (tertiary/aromatic N) is 1. The van der Waals surface area contributed by atoms with Gasteiger partial charge in [0, 0.05) is 35.2 Å². The maximum Gasteiger partial charge on any atom is 0.161 e. The zero-order valence-corrected chi connectivity index (χ0v) is 16.4. The quantitative estimate of drug-likeness (QED) is 0.380. The van der Waals surface area contributed by atoms with Gasteiger partial charge in [-0.3, -0.25) is 5.10 Å². The molecule has 6 heteroatoms. The van der Waals surface area contributed by atoms with Gasteiger partial charge in [-0.2, -0.15) is 5.10 Å². The fourth-order valence-electron chi connectivity index (χ4n) is 4.07. The molecule has 3 aromatic carbocycles. The van der Waals surface area contributed by atoms with E-state index >= 15 is 0 Å². The Hall–Kier alpha value is -3.80. The molecule has 1 aliphatic carbocycles. The Labute approximate surface area is 173 Å². The molecule has 0 unspecified atom stereocenters. The molecule has 0 atom stereocenters. The van der Waals surface area contributed by atoms with E-state index in [4.69, 9.17) is 4.74 Å². The van der Waals surface area contributed by atoms with Crippen LogP contribution in [0.25, 0.3) is 11.3 Å². The Bertz CT molecular complexity index is 1230. The summed E-state index contributed by atoms with van der Waals surface area (Å²) in [6.45, 7) is 0. The first-order valence-electron chi connectivity index (χ1n) is 9.70. The number of H-pyrrole nitrogens is 1. The van der Waals surface area contributed by atoms with Crippen molar-refractivity contribution in [1.82, 2.24) is 10.2 Å². The van der Waals surface area contributed by atoms with E-state index < -0.39 is 0 Å². The summed E-state index contributed by atoms with van der Waals surface area (Å²) in [4.78, 5) is 0. The van der Waals surface area contributed by atoms with Gasteiger partial charge < -0.3 is 15.2 Å². The van der Waals surface area contributed by atoms with E-state index in [1.54, 1.807) is 19.2 Å². The number of rotatable bonds is 5. The summed E-state index contributed by atoms with van der Waals surface area (Å²) in [6, 6.07) is 18.2. The number of aromatic amines is 1. The van der Waals surface area contributed by atoms with E-state index in [1.165, 1.54) is 12.1 Å². The highest BCUT2D eigenvalue weighted by atomic mass is 19.1. The fourth-order valence-corrected chi connectivity index (χ4v) is 4.07. The van der Waals surface area contributed by atoms with Crippen molar-refractivity contribution in [2.75, 3.05) is 12.4 Å².